The second-order valence-electron chi connectivity index (χ2n) is 16.6. The number of amides is 2. The van der Waals surface area contributed by atoms with Crippen LogP contribution in [0, 0.1) is 0 Å². The Balaban J connectivity index is 4.35. The quantitative estimate of drug-likeness (QED) is 0.0517. The summed E-state index contributed by atoms with van der Waals surface area (Å²) in [7, 11) is 6.63. The molecule has 0 aliphatic heterocycles. The van der Waals surface area contributed by atoms with Gasteiger partial charge in [-0.05, 0) is 39.0 Å². The van der Waals surface area contributed by atoms with E-state index in [1.54, 1.807) is 0 Å². The van der Waals surface area contributed by atoms with Crippen molar-refractivity contribution < 1.29 is 14.1 Å². The number of hydrogen-bond donors (Lipinski definition) is 1. The van der Waals surface area contributed by atoms with Crippen LogP contribution >= 0.6 is 0 Å². The molecule has 49 heavy (non-hydrogen) atoms. The van der Waals surface area contributed by atoms with Crippen LogP contribution < -0.4 is 5.32 Å². The average molecular weight is 693 g/mol. The minimum Gasteiger partial charge on any atom is -0.345 e. The molecule has 0 heterocycles. The monoisotopic (exact) mass is 693 g/mol. The first-order valence-electron chi connectivity index (χ1n) is 22.1. The number of rotatable bonds is 38. The largest absolute Gasteiger partial charge is 0.345 e. The van der Waals surface area contributed by atoms with Gasteiger partial charge >= 0.3 is 0 Å². The van der Waals surface area contributed by atoms with Gasteiger partial charge in [-0.2, -0.15) is 0 Å². The smallest absolute Gasteiger partial charge is 0.244 e. The van der Waals surface area contributed by atoms with Gasteiger partial charge in [0.25, 0.3) is 0 Å². The zero-order chi connectivity index (χ0) is 36.3. The lowest BCUT2D eigenvalue weighted by molar-refractivity contribution is -0.870. The normalized spacial score (nSPS) is 12.4. The highest BCUT2D eigenvalue weighted by atomic mass is 16.2. The van der Waals surface area contributed by atoms with Crippen molar-refractivity contribution >= 4 is 11.8 Å². The Labute approximate surface area is 308 Å². The Kier molecular flexibility index (Phi) is 34.5. The van der Waals surface area contributed by atoms with E-state index in [2.05, 4.69) is 45.2 Å². The number of quaternary nitrogens is 1. The molecule has 0 radical (unpaired) electrons. The van der Waals surface area contributed by atoms with Gasteiger partial charge < -0.3 is 14.7 Å². The number of hydrogen-bond acceptors (Lipinski definition) is 2. The molecule has 1 N–H and O–H groups in total. The Bertz CT molecular complexity index is 687. The molecule has 1 atom stereocenters. The van der Waals surface area contributed by atoms with Gasteiger partial charge in [0.2, 0.25) is 11.8 Å². The van der Waals surface area contributed by atoms with Gasteiger partial charge in [0, 0.05) is 19.5 Å². The van der Waals surface area contributed by atoms with E-state index in [4.69, 9.17) is 0 Å². The molecule has 0 aromatic rings. The highest BCUT2D eigenvalue weighted by Crippen LogP contribution is 2.15. The molecule has 0 saturated heterocycles. The summed E-state index contributed by atoms with van der Waals surface area (Å²) in [6, 6.07) is -0.433. The second kappa shape index (κ2) is 35.3. The van der Waals surface area contributed by atoms with Crippen LogP contribution in [0.15, 0.2) is 0 Å². The van der Waals surface area contributed by atoms with Gasteiger partial charge in [0.15, 0.2) is 0 Å². The highest BCUT2D eigenvalue weighted by Gasteiger charge is 2.21. The maximum absolute atomic E-state index is 13.5. The summed E-state index contributed by atoms with van der Waals surface area (Å²) in [4.78, 5) is 28.2. The van der Waals surface area contributed by atoms with Crippen molar-refractivity contribution in [2.45, 2.75) is 232 Å². The third-order valence-corrected chi connectivity index (χ3v) is 10.4. The van der Waals surface area contributed by atoms with E-state index in [1.165, 1.54) is 167 Å². The molecule has 5 nitrogen and oxygen atoms in total. The van der Waals surface area contributed by atoms with Crippen molar-refractivity contribution in [1.29, 1.82) is 0 Å². The molecule has 0 unspecified atom stereocenters. The topological polar surface area (TPSA) is 49.4 Å². The van der Waals surface area contributed by atoms with E-state index >= 15 is 0 Å². The third kappa shape index (κ3) is 35.1. The molecule has 2 amide bonds. The lowest BCUT2D eigenvalue weighted by Gasteiger charge is -2.26. The molecule has 0 aromatic heterocycles. The van der Waals surface area contributed by atoms with Gasteiger partial charge in [0.1, 0.15) is 6.04 Å². The first-order chi connectivity index (χ1) is 23.7. The fraction of sp³-hybridized carbons (Fsp3) is 0.955. The van der Waals surface area contributed by atoms with E-state index in [0.29, 0.717) is 6.42 Å². The SMILES string of the molecule is CCCCCCCCCCCCCCCCN(CCCCCCCCCCCCCCCC)C(=O)[C@H](C)NC(=O)CCCCC[N+](C)(C)C. The average Bonchev–Trinajstić information content (AvgIpc) is 3.06. The summed E-state index contributed by atoms with van der Waals surface area (Å²) in [5, 5.41) is 3.04. The Hall–Kier alpha value is -1.10. The van der Waals surface area contributed by atoms with Crippen molar-refractivity contribution in [3.63, 3.8) is 0 Å². The molecule has 0 aliphatic carbocycles. The predicted molar refractivity (Wildman–Crippen MR) is 216 cm³/mol. The van der Waals surface area contributed by atoms with Crippen LogP contribution in [0.3, 0.4) is 0 Å². The molecule has 292 valence electrons. The zero-order valence-corrected chi connectivity index (χ0v) is 34.5. The molecule has 0 saturated carbocycles. The molecule has 0 rings (SSSR count). The molecule has 0 aromatic carbocycles. The molecular weight excluding hydrogens is 603 g/mol. The number of unbranched alkanes of at least 4 members (excludes halogenated alkanes) is 28. The molecular formula is C44H90N3O2+. The fourth-order valence-electron chi connectivity index (χ4n) is 7.02. The first kappa shape index (κ1) is 47.9. The summed E-state index contributed by atoms with van der Waals surface area (Å²) < 4.78 is 0.964. The minimum atomic E-state index is -0.433. The van der Waals surface area contributed by atoms with Gasteiger partial charge in [-0.25, -0.2) is 0 Å². The van der Waals surface area contributed by atoms with Crippen LogP contribution in [0.5, 0.6) is 0 Å². The summed E-state index contributed by atoms with van der Waals surface area (Å²) in [6.07, 6.45) is 41.3. The molecule has 0 aliphatic rings. The predicted octanol–water partition coefficient (Wildman–Crippen LogP) is 12.5. The summed E-state index contributed by atoms with van der Waals surface area (Å²) >= 11 is 0. The number of nitrogens with one attached hydrogen (secondary N) is 1. The Morgan fingerprint density at radius 2 is 0.776 bits per heavy atom. The molecule has 0 fully saturated rings. The van der Waals surface area contributed by atoms with Crippen LogP contribution in [-0.4, -0.2) is 68.0 Å². The van der Waals surface area contributed by atoms with Gasteiger partial charge in [-0.3, -0.25) is 9.59 Å². The minimum absolute atomic E-state index is 0.0269. The Morgan fingerprint density at radius 3 is 1.10 bits per heavy atom. The van der Waals surface area contributed by atoms with Crippen molar-refractivity contribution in [3.05, 3.63) is 0 Å². The van der Waals surface area contributed by atoms with Crippen molar-refractivity contribution in [3.8, 4) is 0 Å². The standard InChI is InChI=1S/C44H89N3O2/c1-7-9-11-13-15-17-19-21-23-25-27-29-31-35-39-46(40-36-32-30-28-26-24-22-20-18-16-14-12-10-8-2)44(49)42(3)45-43(48)38-34-33-37-41-47(4,5)6/h42H,7-41H2,1-6H3/p+1/t42-/m0/s1. The van der Waals surface area contributed by atoms with Gasteiger partial charge in [0.05, 0.1) is 27.7 Å². The van der Waals surface area contributed by atoms with Crippen LogP contribution in [-0.2, 0) is 9.59 Å². The zero-order valence-electron chi connectivity index (χ0n) is 34.5. The van der Waals surface area contributed by atoms with E-state index in [1.807, 2.05) is 6.92 Å². The number of nitrogens with zero attached hydrogens (tertiary/aromatic N) is 2. The van der Waals surface area contributed by atoms with Crippen LogP contribution in [0.2, 0.25) is 0 Å². The first-order valence-corrected chi connectivity index (χ1v) is 22.1. The number of carbonyl (C=O) groups is 2. The highest BCUT2D eigenvalue weighted by molar-refractivity contribution is 5.87. The van der Waals surface area contributed by atoms with Crippen LogP contribution in [0.25, 0.3) is 0 Å². The summed E-state index contributed by atoms with van der Waals surface area (Å²) in [5.74, 6) is 0.141. The van der Waals surface area contributed by atoms with Crippen LogP contribution in [0.1, 0.15) is 226 Å². The summed E-state index contributed by atoms with van der Waals surface area (Å²) in [6.45, 7) is 9.26. The van der Waals surface area contributed by atoms with Crippen molar-refractivity contribution in [2.75, 3.05) is 40.8 Å². The van der Waals surface area contributed by atoms with E-state index in [0.717, 1.165) is 56.2 Å². The maximum atomic E-state index is 13.5. The number of carbonyl (C=O) groups excluding carboxylic acids is 2. The summed E-state index contributed by atoms with van der Waals surface area (Å²) in [5.41, 5.74) is 0. The van der Waals surface area contributed by atoms with Crippen molar-refractivity contribution in [2.24, 2.45) is 0 Å². The van der Waals surface area contributed by atoms with Gasteiger partial charge in [-0.1, -0.05) is 181 Å². The molecule has 0 spiro atoms. The maximum Gasteiger partial charge on any atom is 0.244 e. The third-order valence-electron chi connectivity index (χ3n) is 10.4. The Morgan fingerprint density at radius 1 is 0.469 bits per heavy atom. The van der Waals surface area contributed by atoms with E-state index in [9.17, 15) is 9.59 Å². The van der Waals surface area contributed by atoms with Crippen LogP contribution in [0.4, 0.5) is 0 Å². The van der Waals surface area contributed by atoms with Gasteiger partial charge in [-0.15, -0.1) is 0 Å². The molecule has 0 bridgehead atoms. The lowest BCUT2D eigenvalue weighted by atomic mass is 10.0. The lowest BCUT2D eigenvalue weighted by Crippen LogP contribution is -2.47. The second-order valence-corrected chi connectivity index (χ2v) is 16.6. The molecule has 5 heteroatoms. The fourth-order valence-corrected chi connectivity index (χ4v) is 7.02. The van der Waals surface area contributed by atoms with E-state index < -0.39 is 6.04 Å². The van der Waals surface area contributed by atoms with E-state index in [-0.39, 0.29) is 11.8 Å². The van der Waals surface area contributed by atoms with Crippen molar-refractivity contribution in [1.82, 2.24) is 10.2 Å².